The van der Waals surface area contributed by atoms with Gasteiger partial charge < -0.3 is 10.5 Å². The van der Waals surface area contributed by atoms with Crippen molar-refractivity contribution in [2.45, 2.75) is 12.8 Å². The number of aryl methyl sites for hydroxylation is 1. The maximum absolute atomic E-state index is 11.6. The fourth-order valence-electron chi connectivity index (χ4n) is 2.05. The van der Waals surface area contributed by atoms with E-state index in [1.165, 1.54) is 6.20 Å². The van der Waals surface area contributed by atoms with Crippen molar-refractivity contribution >= 4 is 11.5 Å². The first-order chi connectivity index (χ1) is 8.72. The topological polar surface area (TPSA) is 65.2 Å². The molecule has 0 bridgehead atoms. The average molecular weight is 240 g/mol. The summed E-state index contributed by atoms with van der Waals surface area (Å²) in [7, 11) is 0. The Bertz CT molecular complexity index is 606. The third-order valence-electron chi connectivity index (χ3n) is 2.98. The second-order valence-corrected chi connectivity index (χ2v) is 4.27. The number of anilines is 1. The van der Waals surface area contributed by atoms with E-state index >= 15 is 0 Å². The Balaban J connectivity index is 1.87. The van der Waals surface area contributed by atoms with Crippen molar-refractivity contribution in [3.63, 3.8) is 0 Å². The molecule has 0 atom stereocenters. The number of hydrogen-bond acceptors (Lipinski definition) is 4. The number of aromatic nitrogens is 1. The van der Waals surface area contributed by atoms with Crippen molar-refractivity contribution in [1.82, 2.24) is 4.98 Å². The summed E-state index contributed by atoms with van der Waals surface area (Å²) in [5.74, 6) is 1.27. The van der Waals surface area contributed by atoms with Gasteiger partial charge in [-0.15, -0.1) is 0 Å². The van der Waals surface area contributed by atoms with Crippen LogP contribution < -0.4 is 10.5 Å². The van der Waals surface area contributed by atoms with E-state index < -0.39 is 0 Å². The number of ether oxygens (including phenoxy) is 1. The van der Waals surface area contributed by atoms with Crippen molar-refractivity contribution in [2.75, 3.05) is 5.73 Å². The van der Waals surface area contributed by atoms with Gasteiger partial charge in [0.1, 0.15) is 5.75 Å². The lowest BCUT2D eigenvalue weighted by atomic mass is 10.1. The van der Waals surface area contributed by atoms with Gasteiger partial charge in [0.15, 0.2) is 5.78 Å². The quantitative estimate of drug-likeness (QED) is 0.876. The molecule has 0 radical (unpaired) electrons. The fourth-order valence-corrected chi connectivity index (χ4v) is 2.05. The van der Waals surface area contributed by atoms with E-state index in [1.54, 1.807) is 18.2 Å². The third-order valence-corrected chi connectivity index (χ3v) is 2.98. The SMILES string of the molecule is Nc1ccc(Oc2ccc3c(c2)C(=O)CC3)nc1. The van der Waals surface area contributed by atoms with Crippen molar-refractivity contribution in [3.05, 3.63) is 47.7 Å². The van der Waals surface area contributed by atoms with Crippen molar-refractivity contribution in [1.29, 1.82) is 0 Å². The van der Waals surface area contributed by atoms with Crippen LogP contribution in [0.25, 0.3) is 0 Å². The number of rotatable bonds is 2. The molecule has 18 heavy (non-hydrogen) atoms. The Morgan fingerprint density at radius 2 is 2.06 bits per heavy atom. The van der Waals surface area contributed by atoms with Crippen LogP contribution in [-0.2, 0) is 6.42 Å². The number of Topliss-reactive ketones (excluding diaryl/α,β-unsaturated/α-hetero) is 1. The smallest absolute Gasteiger partial charge is 0.219 e. The molecular formula is C14H12N2O2. The summed E-state index contributed by atoms with van der Waals surface area (Å²) in [6.07, 6.45) is 2.96. The number of hydrogen-bond donors (Lipinski definition) is 1. The predicted molar refractivity (Wildman–Crippen MR) is 67.8 cm³/mol. The minimum absolute atomic E-state index is 0.181. The van der Waals surface area contributed by atoms with Gasteiger partial charge in [-0.25, -0.2) is 4.98 Å². The molecule has 0 spiro atoms. The monoisotopic (exact) mass is 240 g/mol. The van der Waals surface area contributed by atoms with Crippen molar-refractivity contribution in [2.24, 2.45) is 0 Å². The molecular weight excluding hydrogens is 228 g/mol. The zero-order valence-electron chi connectivity index (χ0n) is 9.72. The number of nitrogen functional groups attached to an aromatic ring is 1. The Morgan fingerprint density at radius 1 is 1.17 bits per heavy atom. The molecule has 0 saturated carbocycles. The highest BCUT2D eigenvalue weighted by Crippen LogP contribution is 2.28. The van der Waals surface area contributed by atoms with Crippen LogP contribution in [0.1, 0.15) is 22.3 Å². The summed E-state index contributed by atoms with van der Waals surface area (Å²) in [5, 5.41) is 0. The summed E-state index contributed by atoms with van der Waals surface area (Å²) in [5.41, 5.74) is 8.00. The Morgan fingerprint density at radius 3 is 2.83 bits per heavy atom. The third kappa shape index (κ3) is 1.93. The van der Waals surface area contributed by atoms with Crippen LogP contribution in [0.3, 0.4) is 0 Å². The number of nitrogens with zero attached hydrogens (tertiary/aromatic N) is 1. The minimum atomic E-state index is 0.181. The Kier molecular flexibility index (Phi) is 2.48. The first kappa shape index (κ1) is 10.8. The highest BCUT2D eigenvalue weighted by Gasteiger charge is 2.19. The average Bonchev–Trinajstić information content (AvgIpc) is 2.74. The summed E-state index contributed by atoms with van der Waals surface area (Å²) >= 11 is 0. The van der Waals surface area contributed by atoms with Gasteiger partial charge in [-0.2, -0.15) is 0 Å². The van der Waals surface area contributed by atoms with Crippen molar-refractivity contribution < 1.29 is 9.53 Å². The molecule has 4 nitrogen and oxygen atoms in total. The molecule has 0 saturated heterocycles. The molecule has 4 heteroatoms. The Hall–Kier alpha value is -2.36. The van der Waals surface area contributed by atoms with Gasteiger partial charge in [-0.3, -0.25) is 4.79 Å². The first-order valence-electron chi connectivity index (χ1n) is 5.78. The molecule has 2 N–H and O–H groups in total. The van der Waals surface area contributed by atoms with Gasteiger partial charge in [-0.1, -0.05) is 6.07 Å². The lowest BCUT2D eigenvalue weighted by Crippen LogP contribution is -1.94. The number of fused-ring (bicyclic) bond motifs is 1. The molecule has 1 aromatic heterocycles. The van der Waals surface area contributed by atoms with Crippen LogP contribution in [-0.4, -0.2) is 10.8 Å². The van der Waals surface area contributed by atoms with Gasteiger partial charge in [0.25, 0.3) is 0 Å². The lowest BCUT2D eigenvalue weighted by molar-refractivity contribution is 0.0994. The molecule has 0 aliphatic heterocycles. The minimum Gasteiger partial charge on any atom is -0.439 e. The van der Waals surface area contributed by atoms with Crippen LogP contribution >= 0.6 is 0 Å². The highest BCUT2D eigenvalue weighted by molar-refractivity contribution is 6.00. The summed E-state index contributed by atoms with van der Waals surface area (Å²) in [4.78, 5) is 15.7. The molecule has 3 rings (SSSR count). The number of pyridine rings is 1. The van der Waals surface area contributed by atoms with Crippen LogP contribution in [0.4, 0.5) is 5.69 Å². The molecule has 0 unspecified atom stereocenters. The molecule has 0 amide bonds. The van der Waals surface area contributed by atoms with Crippen molar-refractivity contribution in [3.8, 4) is 11.6 Å². The van der Waals surface area contributed by atoms with Gasteiger partial charge in [0, 0.05) is 18.1 Å². The zero-order chi connectivity index (χ0) is 12.5. The maximum atomic E-state index is 11.6. The van der Waals surface area contributed by atoms with E-state index in [2.05, 4.69) is 4.98 Å². The lowest BCUT2D eigenvalue weighted by Gasteiger charge is -2.06. The number of carbonyl (C=O) groups is 1. The van der Waals surface area contributed by atoms with Crippen LogP contribution in [0, 0.1) is 0 Å². The Labute approximate surface area is 104 Å². The van der Waals surface area contributed by atoms with E-state index in [0.717, 1.165) is 17.5 Å². The fraction of sp³-hybridized carbons (Fsp3) is 0.143. The molecule has 1 aliphatic rings. The van der Waals surface area contributed by atoms with Crippen LogP contribution in [0.2, 0.25) is 0 Å². The normalized spacial score (nSPS) is 13.4. The van der Waals surface area contributed by atoms with Gasteiger partial charge in [0.05, 0.1) is 11.9 Å². The molecule has 1 aliphatic carbocycles. The number of carbonyl (C=O) groups excluding carboxylic acids is 1. The standard InChI is InChI=1S/C14H12N2O2/c15-10-3-6-14(16-8-10)18-11-4-1-9-2-5-13(17)12(9)7-11/h1,3-4,6-8H,2,5,15H2. The van der Waals surface area contributed by atoms with E-state index in [0.29, 0.717) is 23.7 Å². The largest absolute Gasteiger partial charge is 0.439 e. The van der Waals surface area contributed by atoms with Crippen LogP contribution in [0.15, 0.2) is 36.5 Å². The number of nitrogens with two attached hydrogens (primary N) is 1. The number of benzene rings is 1. The molecule has 0 fully saturated rings. The summed E-state index contributed by atoms with van der Waals surface area (Å²) in [6, 6.07) is 9.00. The van der Waals surface area contributed by atoms with E-state index in [4.69, 9.17) is 10.5 Å². The molecule has 1 aromatic carbocycles. The zero-order valence-corrected chi connectivity index (χ0v) is 9.72. The van der Waals surface area contributed by atoms with Gasteiger partial charge in [0.2, 0.25) is 5.88 Å². The number of ketones is 1. The van der Waals surface area contributed by atoms with Gasteiger partial charge in [-0.05, 0) is 30.2 Å². The van der Waals surface area contributed by atoms with E-state index in [1.807, 2.05) is 12.1 Å². The highest BCUT2D eigenvalue weighted by atomic mass is 16.5. The molecule has 90 valence electrons. The second-order valence-electron chi connectivity index (χ2n) is 4.27. The molecule has 2 aromatic rings. The molecule has 1 heterocycles. The second kappa shape index (κ2) is 4.14. The summed E-state index contributed by atoms with van der Waals surface area (Å²) < 4.78 is 5.59. The predicted octanol–water partition coefficient (Wildman–Crippen LogP) is 2.59. The maximum Gasteiger partial charge on any atom is 0.219 e. The summed E-state index contributed by atoms with van der Waals surface area (Å²) in [6.45, 7) is 0. The van der Waals surface area contributed by atoms with Gasteiger partial charge >= 0.3 is 0 Å². The first-order valence-corrected chi connectivity index (χ1v) is 5.78. The van der Waals surface area contributed by atoms with Crippen LogP contribution in [0.5, 0.6) is 11.6 Å². The van der Waals surface area contributed by atoms with E-state index in [-0.39, 0.29) is 5.78 Å². The van der Waals surface area contributed by atoms with E-state index in [9.17, 15) is 4.79 Å².